The number of ether oxygens (including phenoxy) is 1. The summed E-state index contributed by atoms with van der Waals surface area (Å²) in [5, 5.41) is 0. The molecule has 4 nitrogen and oxygen atoms in total. The van der Waals surface area contributed by atoms with Crippen molar-refractivity contribution in [2.45, 2.75) is 70.9 Å². The van der Waals surface area contributed by atoms with Crippen molar-refractivity contribution in [1.82, 2.24) is 0 Å². The van der Waals surface area contributed by atoms with Crippen molar-refractivity contribution in [2.75, 3.05) is 13.7 Å². The SMILES string of the molecule is COCC(=O)[C@@]1(C#CC(F)(F)F)CC[C@H]2[C@@H]3CCC4=CC(=O)CCC4=C3[C@@H](c3ccc(C(C)=O)cc3)C[C@@]21C. The van der Waals surface area contributed by atoms with E-state index in [-0.39, 0.29) is 42.3 Å². The van der Waals surface area contributed by atoms with Gasteiger partial charge in [0.2, 0.25) is 0 Å². The number of allylic oxidation sites excluding steroid dienone is 4. The number of carbonyl (C=O) groups is 3. The van der Waals surface area contributed by atoms with E-state index in [4.69, 9.17) is 4.74 Å². The maximum Gasteiger partial charge on any atom is 0.457 e. The van der Waals surface area contributed by atoms with Crippen molar-refractivity contribution in [1.29, 1.82) is 0 Å². The zero-order chi connectivity index (χ0) is 28.2. The molecule has 0 radical (unpaired) electrons. The molecule has 0 heterocycles. The quantitative estimate of drug-likeness (QED) is 0.315. The number of alkyl halides is 3. The Hall–Kier alpha value is -2.98. The summed E-state index contributed by atoms with van der Waals surface area (Å²) in [6.07, 6.45) is 0.995. The smallest absolute Gasteiger partial charge is 0.377 e. The first-order valence-electron chi connectivity index (χ1n) is 13.6. The first-order chi connectivity index (χ1) is 18.4. The van der Waals surface area contributed by atoms with Crippen LogP contribution in [0.3, 0.4) is 0 Å². The highest BCUT2D eigenvalue weighted by Crippen LogP contribution is 2.69. The molecule has 2 fully saturated rings. The third kappa shape index (κ3) is 4.61. The van der Waals surface area contributed by atoms with Crippen LogP contribution >= 0.6 is 0 Å². The molecular formula is C32H33F3O4. The van der Waals surface area contributed by atoms with Crippen LogP contribution in [0.4, 0.5) is 13.2 Å². The van der Waals surface area contributed by atoms with Gasteiger partial charge in [-0.3, -0.25) is 14.4 Å². The fourth-order valence-electron chi connectivity index (χ4n) is 8.10. The van der Waals surface area contributed by atoms with Gasteiger partial charge in [0, 0.05) is 30.9 Å². The summed E-state index contributed by atoms with van der Waals surface area (Å²) in [7, 11) is 1.37. The lowest BCUT2D eigenvalue weighted by Crippen LogP contribution is -2.51. The van der Waals surface area contributed by atoms with E-state index in [0.717, 1.165) is 24.0 Å². The lowest BCUT2D eigenvalue weighted by Gasteiger charge is -2.54. The fraction of sp³-hybridized carbons (Fsp3) is 0.531. The Morgan fingerprint density at radius 3 is 2.46 bits per heavy atom. The van der Waals surface area contributed by atoms with E-state index in [0.29, 0.717) is 31.2 Å². The number of hydrogen-bond acceptors (Lipinski definition) is 4. The second-order valence-electron chi connectivity index (χ2n) is 11.7. The minimum absolute atomic E-state index is 0.0183. The number of fused-ring (bicyclic) bond motifs is 4. The molecule has 0 aliphatic heterocycles. The van der Waals surface area contributed by atoms with Crippen LogP contribution in [-0.4, -0.2) is 37.2 Å². The van der Waals surface area contributed by atoms with E-state index in [9.17, 15) is 27.6 Å². The van der Waals surface area contributed by atoms with Gasteiger partial charge >= 0.3 is 6.18 Å². The van der Waals surface area contributed by atoms with Crippen LogP contribution in [0, 0.1) is 34.5 Å². The van der Waals surface area contributed by atoms with Crippen LogP contribution in [0.1, 0.15) is 80.6 Å². The molecule has 5 atom stereocenters. The minimum Gasteiger partial charge on any atom is -0.377 e. The molecule has 0 unspecified atom stereocenters. The van der Waals surface area contributed by atoms with E-state index in [1.54, 1.807) is 18.2 Å². The third-order valence-corrected chi connectivity index (χ3v) is 9.82. The summed E-state index contributed by atoms with van der Waals surface area (Å²) in [6.45, 7) is 3.17. The van der Waals surface area contributed by atoms with Crippen molar-refractivity contribution in [3.8, 4) is 11.8 Å². The summed E-state index contributed by atoms with van der Waals surface area (Å²) >= 11 is 0. The lowest BCUT2D eigenvalue weighted by molar-refractivity contribution is -0.136. The zero-order valence-corrected chi connectivity index (χ0v) is 22.5. The van der Waals surface area contributed by atoms with Crippen LogP contribution < -0.4 is 0 Å². The highest BCUT2D eigenvalue weighted by molar-refractivity contribution is 5.94. The summed E-state index contributed by atoms with van der Waals surface area (Å²) in [5.41, 5.74) is 2.80. The van der Waals surface area contributed by atoms with Crippen LogP contribution in [0.2, 0.25) is 0 Å². The van der Waals surface area contributed by atoms with E-state index in [2.05, 4.69) is 5.92 Å². The summed E-state index contributed by atoms with van der Waals surface area (Å²) in [6, 6.07) is 7.43. The number of hydrogen-bond donors (Lipinski definition) is 0. The fourth-order valence-corrected chi connectivity index (χ4v) is 8.10. The average molecular weight is 539 g/mol. The second kappa shape index (κ2) is 9.89. The number of carbonyl (C=O) groups excluding carboxylic acids is 3. The van der Waals surface area contributed by atoms with Gasteiger partial charge in [0.15, 0.2) is 17.3 Å². The second-order valence-corrected chi connectivity index (χ2v) is 11.7. The van der Waals surface area contributed by atoms with Crippen LogP contribution in [0.5, 0.6) is 0 Å². The molecule has 0 spiro atoms. The predicted molar refractivity (Wildman–Crippen MR) is 140 cm³/mol. The van der Waals surface area contributed by atoms with E-state index in [1.807, 2.05) is 19.1 Å². The molecule has 206 valence electrons. The van der Waals surface area contributed by atoms with Gasteiger partial charge in [0.05, 0.1) is 5.41 Å². The lowest BCUT2D eigenvalue weighted by atomic mass is 9.48. The van der Waals surface area contributed by atoms with Crippen LogP contribution in [0.15, 0.2) is 47.1 Å². The van der Waals surface area contributed by atoms with Gasteiger partial charge in [-0.05, 0) is 85.5 Å². The van der Waals surface area contributed by atoms with E-state index < -0.39 is 22.8 Å². The van der Waals surface area contributed by atoms with Gasteiger partial charge < -0.3 is 4.74 Å². The first-order valence-corrected chi connectivity index (χ1v) is 13.6. The molecule has 39 heavy (non-hydrogen) atoms. The predicted octanol–water partition coefficient (Wildman–Crippen LogP) is 6.56. The zero-order valence-electron chi connectivity index (χ0n) is 22.5. The summed E-state index contributed by atoms with van der Waals surface area (Å²) in [5.74, 6) is 3.55. The number of Topliss-reactive ketones (excluding diaryl/α,β-unsaturated/α-hetero) is 2. The molecule has 1 aromatic rings. The van der Waals surface area contributed by atoms with Crippen molar-refractivity contribution in [3.05, 3.63) is 58.2 Å². The molecular weight excluding hydrogens is 505 g/mol. The molecule has 4 aliphatic rings. The molecule has 2 saturated carbocycles. The summed E-state index contributed by atoms with van der Waals surface area (Å²) < 4.78 is 45.4. The Balaban J connectivity index is 1.70. The number of ketones is 3. The van der Waals surface area contributed by atoms with Crippen molar-refractivity contribution >= 4 is 17.3 Å². The Kier molecular flexibility index (Phi) is 6.99. The molecule has 0 amide bonds. The molecule has 1 aromatic carbocycles. The van der Waals surface area contributed by atoms with E-state index >= 15 is 0 Å². The van der Waals surface area contributed by atoms with Crippen LogP contribution in [0.25, 0.3) is 0 Å². The molecule has 0 N–H and O–H groups in total. The maximum absolute atomic E-state index is 13.6. The van der Waals surface area contributed by atoms with Crippen LogP contribution in [-0.2, 0) is 14.3 Å². The Morgan fingerprint density at radius 2 is 1.82 bits per heavy atom. The Labute approximate surface area is 227 Å². The monoisotopic (exact) mass is 538 g/mol. The highest BCUT2D eigenvalue weighted by atomic mass is 19.4. The first kappa shape index (κ1) is 27.6. The molecule has 7 heteroatoms. The highest BCUT2D eigenvalue weighted by Gasteiger charge is 2.65. The van der Waals surface area contributed by atoms with Gasteiger partial charge in [-0.15, -0.1) is 0 Å². The number of halogens is 3. The third-order valence-electron chi connectivity index (χ3n) is 9.82. The van der Waals surface area contributed by atoms with E-state index in [1.165, 1.54) is 31.1 Å². The number of benzene rings is 1. The molecule has 5 rings (SSSR count). The average Bonchev–Trinajstić information content (AvgIpc) is 3.19. The van der Waals surface area contributed by atoms with Gasteiger partial charge in [-0.1, -0.05) is 42.7 Å². The van der Waals surface area contributed by atoms with Gasteiger partial charge in [-0.25, -0.2) is 0 Å². The minimum atomic E-state index is -4.71. The largest absolute Gasteiger partial charge is 0.457 e. The number of rotatable bonds is 5. The Morgan fingerprint density at radius 1 is 1.10 bits per heavy atom. The molecule has 0 saturated heterocycles. The number of methoxy groups -OCH3 is 1. The topological polar surface area (TPSA) is 60.4 Å². The van der Waals surface area contributed by atoms with Crippen molar-refractivity contribution in [3.63, 3.8) is 0 Å². The van der Waals surface area contributed by atoms with Gasteiger partial charge in [0.1, 0.15) is 6.61 Å². The molecule has 4 aliphatic carbocycles. The normalized spacial score (nSPS) is 31.9. The van der Waals surface area contributed by atoms with Gasteiger partial charge in [0.25, 0.3) is 0 Å². The maximum atomic E-state index is 13.6. The van der Waals surface area contributed by atoms with Crippen molar-refractivity contribution < 1.29 is 32.3 Å². The Bertz CT molecular complexity index is 1340. The molecule has 0 aromatic heterocycles. The van der Waals surface area contributed by atoms with Crippen molar-refractivity contribution in [2.24, 2.45) is 22.7 Å². The molecule has 0 bridgehead atoms. The van der Waals surface area contributed by atoms with Gasteiger partial charge in [-0.2, -0.15) is 13.2 Å². The standard InChI is InChI=1S/C32H33F3O4/c1-19(36)20-4-6-21(7-5-20)26-17-30(2)27(25-10-8-22-16-23(37)9-11-24(22)29(25)26)12-13-31(30,28(38)18-39-3)14-15-32(33,34)35/h4-7,16,25-27H,8-13,17-18H2,1-3H3/t25-,26+,27-,30-,31-/m0/s1. The summed E-state index contributed by atoms with van der Waals surface area (Å²) in [4.78, 5) is 37.8.